The maximum absolute atomic E-state index is 14.4. The highest BCUT2D eigenvalue weighted by Gasteiger charge is 2.52. The number of nitrogens with one attached hydrogen (secondary N) is 3. The molecule has 0 spiro atoms. The average molecular weight is 844 g/mol. The van der Waals surface area contributed by atoms with Gasteiger partial charge in [0.2, 0.25) is 35.4 Å². The first-order valence-electron chi connectivity index (χ1n) is 21.1. The third-order valence-electron chi connectivity index (χ3n) is 11.3. The van der Waals surface area contributed by atoms with Gasteiger partial charge in [0.05, 0.1) is 12.8 Å². The molecule has 0 unspecified atom stereocenters. The molecule has 0 aromatic carbocycles. The van der Waals surface area contributed by atoms with Crippen molar-refractivity contribution in [3.63, 3.8) is 0 Å². The first-order valence-corrected chi connectivity index (χ1v) is 21.1. The smallest absolute Gasteiger partial charge is 0.471 e. The minimum absolute atomic E-state index is 0.0382. The lowest BCUT2D eigenvalue weighted by molar-refractivity contribution is -0.177. The molecule has 3 rings (SSSR count). The molecular formula is C40H64F3N7O9. The number of likely N-dealkylation sites (tertiary alicyclic amines) is 2. The van der Waals surface area contributed by atoms with Crippen LogP contribution in [0.2, 0.25) is 0 Å². The van der Waals surface area contributed by atoms with Crippen LogP contribution >= 0.6 is 0 Å². The van der Waals surface area contributed by atoms with E-state index in [1.807, 2.05) is 5.32 Å². The van der Waals surface area contributed by atoms with Gasteiger partial charge in [-0.3, -0.25) is 38.4 Å². The maximum Gasteiger partial charge on any atom is 0.471 e. The molecule has 16 nitrogen and oxygen atoms in total. The SMILES string of the molecule is CCCN(C(=O)C[C@H](NC(=O)[C@H](C(C)C)N(CCC)C(=O)C1(NC(=O)C(F)(F)F)CCCC1)C(=O)N1CCCC1)[C@H](C(=O)N[C@@H](CC(=O)O)C(=O)N1CCCC1)C(C)C. The number of hydrogen-bond acceptors (Lipinski definition) is 8. The van der Waals surface area contributed by atoms with E-state index in [0.717, 1.165) is 12.8 Å². The number of hydrogen-bond donors (Lipinski definition) is 4. The second-order valence-corrected chi connectivity index (χ2v) is 16.7. The number of alkyl halides is 3. The van der Waals surface area contributed by atoms with E-state index < -0.39 is 108 Å². The fraction of sp³-hybridized carbons (Fsp3) is 0.800. The lowest BCUT2D eigenvalue weighted by Crippen LogP contribution is -2.65. The molecule has 19 heteroatoms. The molecule has 1 aliphatic carbocycles. The minimum Gasteiger partial charge on any atom is -0.481 e. The predicted octanol–water partition coefficient (Wildman–Crippen LogP) is 2.58. The Hall–Kier alpha value is -4.45. The molecule has 0 bridgehead atoms. The van der Waals surface area contributed by atoms with E-state index in [4.69, 9.17) is 0 Å². The molecule has 3 fully saturated rings. The third-order valence-corrected chi connectivity index (χ3v) is 11.3. The van der Waals surface area contributed by atoms with Crippen molar-refractivity contribution < 1.29 is 56.6 Å². The van der Waals surface area contributed by atoms with Crippen LogP contribution in [0.3, 0.4) is 0 Å². The fourth-order valence-electron chi connectivity index (χ4n) is 8.51. The Morgan fingerprint density at radius 3 is 1.46 bits per heavy atom. The molecule has 0 aromatic rings. The summed E-state index contributed by atoms with van der Waals surface area (Å²) in [5, 5.41) is 16.8. The van der Waals surface area contributed by atoms with Gasteiger partial charge in [0.1, 0.15) is 29.7 Å². The molecule has 2 heterocycles. The fourth-order valence-corrected chi connectivity index (χ4v) is 8.51. The number of carbonyl (C=O) groups excluding carboxylic acids is 7. The van der Waals surface area contributed by atoms with Crippen molar-refractivity contribution in [3.05, 3.63) is 0 Å². The lowest BCUT2D eigenvalue weighted by atomic mass is 9.91. The molecular weight excluding hydrogens is 779 g/mol. The summed E-state index contributed by atoms with van der Waals surface area (Å²) >= 11 is 0. The maximum atomic E-state index is 14.4. The van der Waals surface area contributed by atoms with E-state index >= 15 is 0 Å². The standard InChI is InChI=1S/C40H64F3N7O9/c1-7-17-49(31(25(3)4)33(54)45-28(24-30(52)53)36(57)48-21-13-14-22-48)29(51)23-27(35(56)47-19-11-12-20-47)44-34(55)32(26(5)6)50(18-8-2)38(59)39(15-9-10-16-39)46-37(58)40(41,42)43/h25-28,31-32H,7-24H2,1-6H3,(H,44,55)(H,45,54)(H,46,58)(H,52,53)/t27-,28-,31-,32-/m0/s1. The molecule has 3 aliphatic rings. The van der Waals surface area contributed by atoms with E-state index in [1.54, 1.807) is 41.5 Å². The highest BCUT2D eigenvalue weighted by atomic mass is 19.4. The van der Waals surface area contributed by atoms with E-state index in [2.05, 4.69) is 10.6 Å². The van der Waals surface area contributed by atoms with Gasteiger partial charge in [-0.15, -0.1) is 0 Å². The summed E-state index contributed by atoms with van der Waals surface area (Å²) in [5.74, 6) is -8.92. The normalized spacial score (nSPS) is 18.6. The summed E-state index contributed by atoms with van der Waals surface area (Å²) in [6, 6.07) is -5.36. The van der Waals surface area contributed by atoms with Crippen molar-refractivity contribution in [1.29, 1.82) is 0 Å². The minimum atomic E-state index is -5.25. The molecule has 2 aliphatic heterocycles. The Morgan fingerprint density at radius 2 is 1.07 bits per heavy atom. The molecule has 334 valence electrons. The molecule has 1 saturated carbocycles. The number of aliphatic carboxylic acids is 1. The number of rotatable bonds is 20. The summed E-state index contributed by atoms with van der Waals surface area (Å²) in [6.07, 6.45) is -2.36. The van der Waals surface area contributed by atoms with Gasteiger partial charge in [0.15, 0.2) is 0 Å². The van der Waals surface area contributed by atoms with Gasteiger partial charge in [-0.25, -0.2) is 0 Å². The van der Waals surface area contributed by atoms with Gasteiger partial charge in [-0.1, -0.05) is 54.4 Å². The van der Waals surface area contributed by atoms with Crippen LogP contribution in [0.25, 0.3) is 0 Å². The van der Waals surface area contributed by atoms with Gasteiger partial charge in [0, 0.05) is 39.3 Å². The third kappa shape index (κ3) is 12.8. The largest absolute Gasteiger partial charge is 0.481 e. The van der Waals surface area contributed by atoms with Crippen LogP contribution in [0, 0.1) is 11.8 Å². The number of carboxylic acid groups (broad SMARTS) is 1. The van der Waals surface area contributed by atoms with Gasteiger partial charge in [-0.05, 0) is 63.2 Å². The van der Waals surface area contributed by atoms with E-state index in [-0.39, 0.29) is 25.9 Å². The van der Waals surface area contributed by atoms with Crippen LogP contribution in [0.5, 0.6) is 0 Å². The zero-order valence-electron chi connectivity index (χ0n) is 35.3. The molecule has 2 saturated heterocycles. The second kappa shape index (κ2) is 21.7. The van der Waals surface area contributed by atoms with Crippen LogP contribution in [-0.2, 0) is 38.4 Å². The molecule has 0 radical (unpaired) electrons. The van der Waals surface area contributed by atoms with Crippen molar-refractivity contribution >= 4 is 47.3 Å². The first-order chi connectivity index (χ1) is 27.7. The molecule has 59 heavy (non-hydrogen) atoms. The Kier molecular flexibility index (Phi) is 18.0. The van der Waals surface area contributed by atoms with Crippen LogP contribution in [0.15, 0.2) is 0 Å². The first kappa shape index (κ1) is 48.9. The zero-order valence-corrected chi connectivity index (χ0v) is 35.3. The van der Waals surface area contributed by atoms with Gasteiger partial charge < -0.3 is 40.7 Å². The number of amides is 7. The van der Waals surface area contributed by atoms with E-state index in [9.17, 15) is 56.6 Å². The molecule has 4 atom stereocenters. The van der Waals surface area contributed by atoms with Crippen molar-refractivity contribution in [2.45, 2.75) is 154 Å². The summed E-state index contributed by atoms with van der Waals surface area (Å²) in [6.45, 7) is 11.7. The van der Waals surface area contributed by atoms with Gasteiger partial charge in [0.25, 0.3) is 0 Å². The highest BCUT2D eigenvalue weighted by molar-refractivity contribution is 5.99. The number of nitrogens with zero attached hydrogens (tertiary/aromatic N) is 4. The van der Waals surface area contributed by atoms with Gasteiger partial charge >= 0.3 is 18.1 Å². The Bertz CT molecular complexity index is 1520. The monoisotopic (exact) mass is 843 g/mol. The quantitative estimate of drug-likeness (QED) is 0.142. The Labute approximate surface area is 344 Å². The topological polar surface area (TPSA) is 206 Å². The Balaban J connectivity index is 1.97. The van der Waals surface area contributed by atoms with E-state index in [0.29, 0.717) is 64.7 Å². The zero-order chi connectivity index (χ0) is 44.2. The summed E-state index contributed by atoms with van der Waals surface area (Å²) < 4.78 is 40.4. The number of halogens is 3. The summed E-state index contributed by atoms with van der Waals surface area (Å²) in [5.41, 5.74) is -1.90. The summed E-state index contributed by atoms with van der Waals surface area (Å²) in [7, 11) is 0. The predicted molar refractivity (Wildman–Crippen MR) is 209 cm³/mol. The van der Waals surface area contributed by atoms with Crippen LogP contribution in [0.4, 0.5) is 13.2 Å². The average Bonchev–Trinajstić information content (AvgIpc) is 3.97. The van der Waals surface area contributed by atoms with Crippen molar-refractivity contribution in [2.75, 3.05) is 39.3 Å². The number of carbonyl (C=O) groups is 8. The van der Waals surface area contributed by atoms with Crippen LogP contribution in [-0.4, -0.2) is 147 Å². The molecule has 0 aromatic heterocycles. The van der Waals surface area contributed by atoms with Crippen molar-refractivity contribution in [2.24, 2.45) is 11.8 Å². The molecule has 7 amide bonds. The second-order valence-electron chi connectivity index (χ2n) is 16.7. The van der Waals surface area contributed by atoms with Crippen LogP contribution < -0.4 is 16.0 Å². The Morgan fingerprint density at radius 1 is 0.661 bits per heavy atom. The number of carboxylic acids is 1. The van der Waals surface area contributed by atoms with Gasteiger partial charge in [-0.2, -0.15) is 13.2 Å². The summed E-state index contributed by atoms with van der Waals surface area (Å²) in [4.78, 5) is 114. The highest BCUT2D eigenvalue weighted by Crippen LogP contribution is 2.34. The van der Waals surface area contributed by atoms with Crippen LogP contribution in [0.1, 0.15) is 119 Å². The molecule has 4 N–H and O–H groups in total. The lowest BCUT2D eigenvalue weighted by Gasteiger charge is -2.40. The van der Waals surface area contributed by atoms with E-state index in [1.165, 1.54) is 19.6 Å². The van der Waals surface area contributed by atoms with Crippen molar-refractivity contribution in [1.82, 2.24) is 35.6 Å². The van der Waals surface area contributed by atoms with Crippen molar-refractivity contribution in [3.8, 4) is 0 Å².